The van der Waals surface area contributed by atoms with E-state index in [0.29, 0.717) is 25.0 Å². The highest BCUT2D eigenvalue weighted by molar-refractivity contribution is 6.00. The normalized spacial score (nSPS) is 30.8. The Hall–Kier alpha value is -2.39. The Kier molecular flexibility index (Phi) is 5.49. The van der Waals surface area contributed by atoms with Crippen molar-refractivity contribution >= 4 is 18.0 Å². The van der Waals surface area contributed by atoms with Gasteiger partial charge in [0.1, 0.15) is 11.8 Å². The number of hydrogen-bond acceptors (Lipinski definition) is 6. The van der Waals surface area contributed by atoms with Crippen LogP contribution in [0.4, 0.5) is 4.79 Å². The topological polar surface area (TPSA) is 119 Å². The number of aliphatic hydroxyl groups excluding tert-OH is 1. The van der Waals surface area contributed by atoms with Gasteiger partial charge in [0.25, 0.3) is 0 Å². The van der Waals surface area contributed by atoms with Crippen LogP contribution in [-0.2, 0) is 14.3 Å². The molecule has 0 aromatic heterocycles. The van der Waals surface area contributed by atoms with Crippen molar-refractivity contribution in [3.8, 4) is 0 Å². The molecule has 3 aliphatic rings. The van der Waals surface area contributed by atoms with Crippen molar-refractivity contribution in [1.82, 2.24) is 15.1 Å². The van der Waals surface area contributed by atoms with Crippen LogP contribution < -0.4 is 5.32 Å². The Balaban J connectivity index is 1.73. The predicted octanol–water partition coefficient (Wildman–Crippen LogP) is 0.312. The van der Waals surface area contributed by atoms with E-state index in [0.717, 1.165) is 5.57 Å². The number of allylic oxidation sites excluding steroid dienone is 1. The fraction of sp³-hybridized carbons (Fsp3) is 0.632. The van der Waals surface area contributed by atoms with Gasteiger partial charge < -0.3 is 30.1 Å². The summed E-state index contributed by atoms with van der Waals surface area (Å²) in [4.78, 5) is 38.4. The first kappa shape index (κ1) is 20.3. The molecule has 9 heteroatoms. The van der Waals surface area contributed by atoms with Crippen molar-refractivity contribution in [2.45, 2.75) is 51.0 Å². The van der Waals surface area contributed by atoms with E-state index in [1.165, 1.54) is 9.80 Å². The van der Waals surface area contributed by atoms with Crippen molar-refractivity contribution in [3.63, 3.8) is 0 Å². The number of carbonyl (C=O) groups excluding carboxylic acids is 2. The van der Waals surface area contributed by atoms with Crippen molar-refractivity contribution < 1.29 is 29.3 Å². The maximum absolute atomic E-state index is 12.3. The Bertz CT molecular complexity index is 757. The number of amides is 2. The quantitative estimate of drug-likeness (QED) is 0.575. The molecule has 3 rings (SSSR count). The first-order chi connectivity index (χ1) is 13.1. The second-order valence-electron chi connectivity index (χ2n) is 7.88. The van der Waals surface area contributed by atoms with Gasteiger partial charge in [-0.2, -0.15) is 0 Å². The van der Waals surface area contributed by atoms with Gasteiger partial charge in [0.15, 0.2) is 0 Å². The number of hydrogen-bond donors (Lipinski definition) is 3. The molecule has 0 aromatic rings. The average molecular weight is 393 g/mol. The second kappa shape index (κ2) is 7.56. The number of nitrogens with one attached hydrogen (secondary N) is 1. The molecule has 0 aliphatic carbocycles. The van der Waals surface area contributed by atoms with Crippen LogP contribution in [0.5, 0.6) is 0 Å². The van der Waals surface area contributed by atoms with Crippen LogP contribution in [0.1, 0.15) is 26.7 Å². The molecule has 0 bridgehead atoms. The van der Waals surface area contributed by atoms with Gasteiger partial charge in [-0.3, -0.25) is 4.79 Å². The number of aliphatic hydroxyl groups is 1. The molecule has 2 saturated heterocycles. The molecule has 2 fully saturated rings. The molecule has 3 aliphatic heterocycles. The summed E-state index contributed by atoms with van der Waals surface area (Å²) in [5, 5.41) is 22.7. The number of carboxylic acids is 1. The minimum atomic E-state index is -1.14. The standard InChI is InChI=1S/C19H27N3O6/c1-9(5-11-6-12(8-20-11)28-19(27)21(3)4)13-7-14-15(10(2)23)17(24)22(14)16(13)18(25)26/h5,10-12,14-15,20,23H,6-8H2,1-4H3,(H,25,26)/b9-5+/t10-,11-,12-,14-,15-/m1/s1. The Labute approximate surface area is 163 Å². The number of carbonyl (C=O) groups is 3. The minimum absolute atomic E-state index is 0.00855. The second-order valence-corrected chi connectivity index (χ2v) is 7.88. The number of rotatable bonds is 5. The zero-order valence-electron chi connectivity index (χ0n) is 16.5. The third-order valence-electron chi connectivity index (χ3n) is 5.62. The molecule has 3 heterocycles. The summed E-state index contributed by atoms with van der Waals surface area (Å²) in [6, 6.07) is -0.360. The lowest BCUT2D eigenvalue weighted by atomic mass is 9.82. The third kappa shape index (κ3) is 3.51. The highest BCUT2D eigenvalue weighted by Gasteiger charge is 2.56. The van der Waals surface area contributed by atoms with Gasteiger partial charge in [-0.15, -0.1) is 0 Å². The van der Waals surface area contributed by atoms with Gasteiger partial charge in [0.2, 0.25) is 5.91 Å². The predicted molar refractivity (Wildman–Crippen MR) is 99.2 cm³/mol. The van der Waals surface area contributed by atoms with Crippen molar-refractivity contribution in [1.29, 1.82) is 0 Å². The summed E-state index contributed by atoms with van der Waals surface area (Å²) in [6.45, 7) is 3.90. The summed E-state index contributed by atoms with van der Waals surface area (Å²) < 4.78 is 5.38. The van der Waals surface area contributed by atoms with Gasteiger partial charge in [-0.1, -0.05) is 6.08 Å². The molecule has 0 aromatic carbocycles. The first-order valence-electron chi connectivity index (χ1n) is 9.39. The average Bonchev–Trinajstić information content (AvgIpc) is 3.16. The zero-order valence-corrected chi connectivity index (χ0v) is 16.5. The van der Waals surface area contributed by atoms with E-state index in [2.05, 4.69) is 5.32 Å². The molecule has 0 saturated carbocycles. The Morgan fingerprint density at radius 1 is 1.39 bits per heavy atom. The molecule has 5 atom stereocenters. The van der Waals surface area contributed by atoms with E-state index < -0.39 is 24.1 Å². The molecule has 0 radical (unpaired) electrons. The summed E-state index contributed by atoms with van der Waals surface area (Å²) in [7, 11) is 3.25. The van der Waals surface area contributed by atoms with Crippen LogP contribution in [0, 0.1) is 5.92 Å². The van der Waals surface area contributed by atoms with Gasteiger partial charge in [0.05, 0.1) is 18.1 Å². The van der Waals surface area contributed by atoms with Crippen molar-refractivity contribution in [2.75, 3.05) is 20.6 Å². The Morgan fingerprint density at radius 2 is 2.07 bits per heavy atom. The van der Waals surface area contributed by atoms with Crippen LogP contribution in [0.3, 0.4) is 0 Å². The lowest BCUT2D eigenvalue weighted by Crippen LogP contribution is -2.61. The van der Waals surface area contributed by atoms with Crippen LogP contribution >= 0.6 is 0 Å². The largest absolute Gasteiger partial charge is 0.477 e. The highest BCUT2D eigenvalue weighted by atomic mass is 16.6. The number of aliphatic carboxylic acids is 1. The molecule has 0 spiro atoms. The smallest absolute Gasteiger partial charge is 0.409 e. The van der Waals surface area contributed by atoms with Crippen LogP contribution in [-0.4, -0.2) is 82.9 Å². The first-order valence-corrected chi connectivity index (χ1v) is 9.39. The summed E-state index contributed by atoms with van der Waals surface area (Å²) in [6.07, 6.45) is 1.48. The number of β-lactam (4-membered cyclic amide) rings is 1. The molecular formula is C19H27N3O6. The molecule has 154 valence electrons. The lowest BCUT2D eigenvalue weighted by molar-refractivity contribution is -0.161. The molecule has 2 amide bonds. The van der Waals surface area contributed by atoms with Crippen LogP contribution in [0.15, 0.2) is 22.9 Å². The van der Waals surface area contributed by atoms with E-state index in [1.807, 2.05) is 13.0 Å². The number of fused-ring (bicyclic) bond motifs is 1. The van der Waals surface area contributed by atoms with Gasteiger partial charge in [0, 0.05) is 33.1 Å². The summed E-state index contributed by atoms with van der Waals surface area (Å²) >= 11 is 0. The van der Waals surface area contributed by atoms with E-state index in [9.17, 15) is 24.6 Å². The van der Waals surface area contributed by atoms with E-state index in [4.69, 9.17) is 4.74 Å². The van der Waals surface area contributed by atoms with E-state index in [-0.39, 0.29) is 29.8 Å². The zero-order chi connectivity index (χ0) is 20.7. The van der Waals surface area contributed by atoms with E-state index in [1.54, 1.807) is 21.0 Å². The van der Waals surface area contributed by atoms with Gasteiger partial charge >= 0.3 is 12.1 Å². The van der Waals surface area contributed by atoms with E-state index >= 15 is 0 Å². The lowest BCUT2D eigenvalue weighted by Gasteiger charge is -2.44. The Morgan fingerprint density at radius 3 is 2.64 bits per heavy atom. The minimum Gasteiger partial charge on any atom is -0.477 e. The summed E-state index contributed by atoms with van der Waals surface area (Å²) in [5.41, 5.74) is 1.40. The fourth-order valence-corrected chi connectivity index (χ4v) is 4.22. The number of carboxylic acid groups (broad SMARTS) is 1. The SMILES string of the molecule is C/C(=C\[C@@H]1C[C@@H](OC(=O)N(C)C)CN1)C1=C(C(=O)O)N2C(=O)[C@H]([C@@H](C)O)[C@H]2C1. The van der Waals surface area contributed by atoms with Crippen molar-refractivity contribution in [3.05, 3.63) is 22.9 Å². The summed E-state index contributed by atoms with van der Waals surface area (Å²) in [5.74, 6) is -2.03. The maximum Gasteiger partial charge on any atom is 0.409 e. The van der Waals surface area contributed by atoms with Crippen molar-refractivity contribution in [2.24, 2.45) is 5.92 Å². The highest BCUT2D eigenvalue weighted by Crippen LogP contribution is 2.45. The van der Waals surface area contributed by atoms with Gasteiger partial charge in [-0.05, 0) is 31.4 Å². The number of nitrogens with zero attached hydrogens (tertiary/aromatic N) is 2. The van der Waals surface area contributed by atoms with Gasteiger partial charge in [-0.25, -0.2) is 9.59 Å². The molecule has 0 unspecified atom stereocenters. The van der Waals surface area contributed by atoms with Crippen LogP contribution in [0.2, 0.25) is 0 Å². The van der Waals surface area contributed by atoms with Crippen LogP contribution in [0.25, 0.3) is 0 Å². The molecule has 28 heavy (non-hydrogen) atoms. The molecule has 9 nitrogen and oxygen atoms in total. The molecule has 3 N–H and O–H groups in total. The maximum atomic E-state index is 12.3. The fourth-order valence-electron chi connectivity index (χ4n) is 4.22. The third-order valence-corrected chi connectivity index (χ3v) is 5.62. The molecular weight excluding hydrogens is 366 g/mol. The number of ether oxygens (including phenoxy) is 1. The monoisotopic (exact) mass is 393 g/mol.